The third-order valence-corrected chi connectivity index (χ3v) is 2.68. The highest BCUT2D eigenvalue weighted by atomic mass is 35.5. The van der Waals surface area contributed by atoms with Crippen LogP contribution in [-0.4, -0.2) is 31.2 Å². The third-order valence-electron chi connectivity index (χ3n) is 2.34. The van der Waals surface area contributed by atoms with Crippen LogP contribution in [0.4, 0.5) is 0 Å². The number of morpholine rings is 1. The van der Waals surface area contributed by atoms with Crippen molar-refractivity contribution in [2.45, 2.75) is 6.67 Å². The van der Waals surface area contributed by atoms with Gasteiger partial charge in [-0.05, 0) is 17.7 Å². The first-order valence-electron chi connectivity index (χ1n) is 4.80. The van der Waals surface area contributed by atoms with Gasteiger partial charge >= 0.3 is 0 Å². The molecule has 0 amide bonds. The molecule has 3 nitrogen and oxygen atoms in total. The summed E-state index contributed by atoms with van der Waals surface area (Å²) < 4.78 is 7.32. The smallest absolute Gasteiger partial charge is 0.276 e. The summed E-state index contributed by atoms with van der Waals surface area (Å²) in [5, 5.41) is 0.777. The topological polar surface area (TPSA) is 16.4 Å². The zero-order chi connectivity index (χ0) is 9.80. The normalized spacial score (nSPS) is 18.4. The summed E-state index contributed by atoms with van der Waals surface area (Å²) in [5.41, 5.74) is 0. The SMILES string of the molecule is Clc1cccc[n+]1CN1CCOCC1. The predicted molar refractivity (Wildman–Crippen MR) is 54.0 cm³/mol. The summed E-state index contributed by atoms with van der Waals surface area (Å²) >= 11 is 6.05. The molecular weight excluding hydrogens is 200 g/mol. The Morgan fingerprint density at radius 1 is 1.36 bits per heavy atom. The molecule has 0 atom stereocenters. The average Bonchev–Trinajstić information content (AvgIpc) is 2.23. The summed E-state index contributed by atoms with van der Waals surface area (Å²) in [6.45, 7) is 4.47. The van der Waals surface area contributed by atoms with Crippen LogP contribution in [0.15, 0.2) is 24.4 Å². The minimum Gasteiger partial charge on any atom is -0.379 e. The van der Waals surface area contributed by atoms with Crippen molar-refractivity contribution in [3.63, 3.8) is 0 Å². The van der Waals surface area contributed by atoms with E-state index in [2.05, 4.69) is 4.90 Å². The molecule has 1 fully saturated rings. The van der Waals surface area contributed by atoms with Crippen LogP contribution in [-0.2, 0) is 11.4 Å². The molecular formula is C10H14ClN2O+. The largest absolute Gasteiger partial charge is 0.379 e. The van der Waals surface area contributed by atoms with Crippen LogP contribution in [0.1, 0.15) is 0 Å². The fraction of sp³-hybridized carbons (Fsp3) is 0.500. The number of hydrogen-bond acceptors (Lipinski definition) is 2. The second-order valence-corrected chi connectivity index (χ2v) is 3.75. The van der Waals surface area contributed by atoms with E-state index in [4.69, 9.17) is 16.3 Å². The standard InChI is InChI=1S/C10H14ClN2O/c11-10-3-1-2-4-13(10)9-12-5-7-14-8-6-12/h1-4H,5-9H2/q+1. The van der Waals surface area contributed by atoms with Crippen molar-refractivity contribution < 1.29 is 9.30 Å². The van der Waals surface area contributed by atoms with Gasteiger partial charge in [-0.2, -0.15) is 4.57 Å². The number of ether oxygens (including phenoxy) is 1. The van der Waals surface area contributed by atoms with E-state index in [-0.39, 0.29) is 0 Å². The maximum atomic E-state index is 6.05. The molecule has 2 heterocycles. The van der Waals surface area contributed by atoms with E-state index in [9.17, 15) is 0 Å². The van der Waals surface area contributed by atoms with E-state index < -0.39 is 0 Å². The molecule has 0 N–H and O–H groups in total. The van der Waals surface area contributed by atoms with Crippen molar-refractivity contribution in [2.75, 3.05) is 26.3 Å². The Labute approximate surface area is 88.9 Å². The molecule has 0 aromatic carbocycles. The van der Waals surface area contributed by atoms with Crippen molar-refractivity contribution in [3.05, 3.63) is 29.5 Å². The van der Waals surface area contributed by atoms with Crippen LogP contribution in [0.2, 0.25) is 5.15 Å². The highest BCUT2D eigenvalue weighted by molar-refractivity contribution is 6.28. The summed E-state index contributed by atoms with van der Waals surface area (Å²) in [7, 11) is 0. The van der Waals surface area contributed by atoms with E-state index in [0.29, 0.717) is 0 Å². The number of aromatic nitrogens is 1. The highest BCUT2D eigenvalue weighted by Crippen LogP contribution is 2.01. The van der Waals surface area contributed by atoms with Gasteiger partial charge in [-0.1, -0.05) is 0 Å². The summed E-state index contributed by atoms with van der Waals surface area (Å²) in [6.07, 6.45) is 2.00. The Balaban J connectivity index is 1.99. The molecule has 1 aromatic heterocycles. The van der Waals surface area contributed by atoms with Gasteiger partial charge in [0.05, 0.1) is 13.2 Å². The summed E-state index contributed by atoms with van der Waals surface area (Å²) in [5.74, 6) is 0. The second kappa shape index (κ2) is 4.73. The van der Waals surface area contributed by atoms with Crippen LogP contribution >= 0.6 is 11.6 Å². The molecule has 1 saturated heterocycles. The molecule has 1 aromatic rings. The van der Waals surface area contributed by atoms with Crippen LogP contribution in [0.5, 0.6) is 0 Å². The van der Waals surface area contributed by atoms with Crippen molar-refractivity contribution >= 4 is 11.6 Å². The maximum absolute atomic E-state index is 6.05. The summed E-state index contributed by atoms with van der Waals surface area (Å²) in [4.78, 5) is 2.33. The number of nitrogens with zero attached hydrogens (tertiary/aromatic N) is 2. The lowest BCUT2D eigenvalue weighted by atomic mass is 10.4. The van der Waals surface area contributed by atoms with Crippen molar-refractivity contribution in [2.24, 2.45) is 0 Å². The van der Waals surface area contributed by atoms with Gasteiger partial charge in [0.15, 0.2) is 6.20 Å². The van der Waals surface area contributed by atoms with E-state index in [1.54, 1.807) is 0 Å². The number of rotatable bonds is 2. The van der Waals surface area contributed by atoms with Crippen LogP contribution in [0, 0.1) is 0 Å². The minimum absolute atomic E-state index is 0.777. The molecule has 0 aliphatic carbocycles. The Hall–Kier alpha value is -0.640. The lowest BCUT2D eigenvalue weighted by molar-refractivity contribution is -0.714. The number of halogens is 1. The molecule has 1 aliphatic rings. The molecule has 0 bridgehead atoms. The van der Waals surface area contributed by atoms with E-state index in [1.165, 1.54) is 0 Å². The first-order chi connectivity index (χ1) is 6.86. The van der Waals surface area contributed by atoms with Gasteiger partial charge in [0, 0.05) is 25.2 Å². The Morgan fingerprint density at radius 3 is 2.86 bits per heavy atom. The summed E-state index contributed by atoms with van der Waals surface area (Å²) in [6, 6.07) is 5.84. The van der Waals surface area contributed by atoms with Gasteiger partial charge < -0.3 is 4.74 Å². The highest BCUT2D eigenvalue weighted by Gasteiger charge is 2.15. The number of pyridine rings is 1. The second-order valence-electron chi connectivity index (χ2n) is 3.36. The van der Waals surface area contributed by atoms with Crippen LogP contribution in [0.25, 0.3) is 0 Å². The van der Waals surface area contributed by atoms with Gasteiger partial charge in [0.2, 0.25) is 6.67 Å². The van der Waals surface area contributed by atoms with E-state index in [1.807, 2.05) is 29.0 Å². The van der Waals surface area contributed by atoms with Gasteiger partial charge in [-0.25, -0.2) is 4.90 Å². The Kier molecular flexibility index (Phi) is 3.35. The molecule has 14 heavy (non-hydrogen) atoms. The quantitative estimate of drug-likeness (QED) is 0.537. The molecule has 0 unspecified atom stereocenters. The molecule has 1 aliphatic heterocycles. The van der Waals surface area contributed by atoms with Gasteiger partial charge in [0.25, 0.3) is 5.15 Å². The first-order valence-corrected chi connectivity index (χ1v) is 5.18. The zero-order valence-electron chi connectivity index (χ0n) is 8.03. The Bertz CT molecular complexity index is 300. The fourth-order valence-corrected chi connectivity index (χ4v) is 1.71. The van der Waals surface area contributed by atoms with Gasteiger partial charge in [-0.15, -0.1) is 0 Å². The molecule has 0 radical (unpaired) electrons. The van der Waals surface area contributed by atoms with E-state index >= 15 is 0 Å². The average molecular weight is 214 g/mol. The lowest BCUT2D eigenvalue weighted by Gasteiger charge is -2.23. The molecule has 76 valence electrons. The third kappa shape index (κ3) is 2.44. The first kappa shape index (κ1) is 9.90. The van der Waals surface area contributed by atoms with Crippen molar-refractivity contribution in [1.82, 2.24) is 4.90 Å². The van der Waals surface area contributed by atoms with Gasteiger partial charge in [0.1, 0.15) is 0 Å². The number of hydrogen-bond donors (Lipinski definition) is 0. The van der Waals surface area contributed by atoms with E-state index in [0.717, 1.165) is 38.1 Å². The predicted octanol–water partition coefficient (Wildman–Crippen LogP) is 0.917. The van der Waals surface area contributed by atoms with Crippen LogP contribution in [0.3, 0.4) is 0 Å². The van der Waals surface area contributed by atoms with Crippen LogP contribution < -0.4 is 4.57 Å². The molecule has 4 heteroatoms. The Morgan fingerprint density at radius 2 is 2.14 bits per heavy atom. The molecule has 2 rings (SSSR count). The van der Waals surface area contributed by atoms with Gasteiger partial charge in [-0.3, -0.25) is 0 Å². The lowest BCUT2D eigenvalue weighted by Crippen LogP contribution is -2.48. The maximum Gasteiger partial charge on any atom is 0.276 e. The van der Waals surface area contributed by atoms with Crippen molar-refractivity contribution in [3.8, 4) is 0 Å². The zero-order valence-corrected chi connectivity index (χ0v) is 8.78. The fourth-order valence-electron chi connectivity index (χ4n) is 1.53. The monoisotopic (exact) mass is 213 g/mol. The minimum atomic E-state index is 0.777. The molecule has 0 spiro atoms. The van der Waals surface area contributed by atoms with Crippen molar-refractivity contribution in [1.29, 1.82) is 0 Å². The molecule has 0 saturated carbocycles.